The van der Waals surface area contributed by atoms with Gasteiger partial charge in [-0.1, -0.05) is 12.1 Å². The number of carbonyl (C=O) groups is 1. The molecule has 2 nitrogen and oxygen atoms in total. The average molecular weight is 191 g/mol. The molecule has 0 aliphatic carbocycles. The second-order valence-corrected chi connectivity index (χ2v) is 4.05. The van der Waals surface area contributed by atoms with Gasteiger partial charge < -0.3 is 5.73 Å². The molecule has 66 valence electrons. The standard InChI is InChI=1S/C10H9NOS/c1-6-3-2-4-8-7(6)5-9(13-8)10(11)12/h2-5H,1H3,(H2,11,12). The molecule has 2 rings (SSSR count). The molecule has 0 radical (unpaired) electrons. The van der Waals surface area contributed by atoms with Gasteiger partial charge in [0.1, 0.15) is 0 Å². The highest BCUT2D eigenvalue weighted by Gasteiger charge is 2.06. The van der Waals surface area contributed by atoms with Crippen LogP contribution >= 0.6 is 11.3 Å². The zero-order valence-corrected chi connectivity index (χ0v) is 8.02. The Morgan fingerprint density at radius 1 is 1.46 bits per heavy atom. The van der Waals surface area contributed by atoms with Crippen molar-refractivity contribution in [2.75, 3.05) is 0 Å². The lowest BCUT2D eigenvalue weighted by atomic mass is 10.1. The molecule has 0 unspecified atom stereocenters. The number of fused-ring (bicyclic) bond motifs is 1. The van der Waals surface area contributed by atoms with Gasteiger partial charge in [-0.15, -0.1) is 11.3 Å². The van der Waals surface area contributed by atoms with Crippen LogP contribution in [0.25, 0.3) is 10.1 Å². The summed E-state index contributed by atoms with van der Waals surface area (Å²) in [6.45, 7) is 2.03. The molecule has 2 aromatic rings. The van der Waals surface area contributed by atoms with Crippen molar-refractivity contribution in [2.45, 2.75) is 6.92 Å². The Labute approximate surface area is 80.0 Å². The lowest BCUT2D eigenvalue weighted by molar-refractivity contribution is 0.100. The molecule has 1 amide bonds. The third-order valence-electron chi connectivity index (χ3n) is 2.02. The molecule has 1 heterocycles. The summed E-state index contributed by atoms with van der Waals surface area (Å²) in [7, 11) is 0. The minimum absolute atomic E-state index is 0.347. The smallest absolute Gasteiger partial charge is 0.258 e. The van der Waals surface area contributed by atoms with E-state index in [1.54, 1.807) is 0 Å². The maximum atomic E-state index is 10.9. The van der Waals surface area contributed by atoms with Crippen molar-refractivity contribution < 1.29 is 4.79 Å². The number of thiophene rings is 1. The summed E-state index contributed by atoms with van der Waals surface area (Å²) in [5.41, 5.74) is 6.38. The topological polar surface area (TPSA) is 43.1 Å². The largest absolute Gasteiger partial charge is 0.365 e. The SMILES string of the molecule is Cc1cccc2sc(C(N)=O)cc12. The molecule has 0 saturated heterocycles. The van der Waals surface area contributed by atoms with Crippen LogP contribution < -0.4 is 5.73 Å². The molecule has 1 aromatic heterocycles. The molecule has 2 N–H and O–H groups in total. The van der Waals surface area contributed by atoms with Crippen LogP contribution in [0.1, 0.15) is 15.2 Å². The first-order valence-corrected chi connectivity index (χ1v) is 4.79. The summed E-state index contributed by atoms with van der Waals surface area (Å²) in [5, 5.41) is 1.13. The van der Waals surface area contributed by atoms with E-state index in [0.29, 0.717) is 4.88 Å². The second-order valence-electron chi connectivity index (χ2n) is 2.96. The van der Waals surface area contributed by atoms with Gasteiger partial charge in [-0.25, -0.2) is 0 Å². The first-order chi connectivity index (χ1) is 6.18. The number of amides is 1. The van der Waals surface area contributed by atoms with Gasteiger partial charge in [0.15, 0.2) is 0 Å². The molecule has 0 aliphatic heterocycles. The molecular formula is C10H9NOS. The van der Waals surface area contributed by atoms with Crippen LogP contribution in [0.3, 0.4) is 0 Å². The van der Waals surface area contributed by atoms with Gasteiger partial charge in [-0.05, 0) is 30.0 Å². The Balaban J connectivity index is 2.75. The second kappa shape index (κ2) is 2.85. The van der Waals surface area contributed by atoms with Crippen molar-refractivity contribution in [2.24, 2.45) is 5.73 Å². The van der Waals surface area contributed by atoms with E-state index in [9.17, 15) is 4.79 Å². The number of primary amides is 1. The van der Waals surface area contributed by atoms with Crippen LogP contribution in [-0.2, 0) is 0 Å². The molecule has 0 atom stereocenters. The van der Waals surface area contributed by atoms with Crippen molar-refractivity contribution in [3.05, 3.63) is 34.7 Å². The summed E-state index contributed by atoms with van der Waals surface area (Å²) in [6, 6.07) is 7.87. The third kappa shape index (κ3) is 1.31. The van der Waals surface area contributed by atoms with Crippen LogP contribution in [0, 0.1) is 6.92 Å². The number of hydrogen-bond acceptors (Lipinski definition) is 2. The summed E-state index contributed by atoms with van der Waals surface area (Å²) in [6.07, 6.45) is 0. The highest BCUT2D eigenvalue weighted by molar-refractivity contribution is 7.20. The van der Waals surface area contributed by atoms with Crippen molar-refractivity contribution in [1.29, 1.82) is 0 Å². The zero-order chi connectivity index (χ0) is 9.42. The lowest BCUT2D eigenvalue weighted by Gasteiger charge is -1.91. The van der Waals surface area contributed by atoms with E-state index in [1.807, 2.05) is 31.2 Å². The lowest BCUT2D eigenvalue weighted by Crippen LogP contribution is -2.08. The molecule has 0 spiro atoms. The third-order valence-corrected chi connectivity index (χ3v) is 3.14. The first-order valence-electron chi connectivity index (χ1n) is 3.97. The van der Waals surface area contributed by atoms with Crippen LogP contribution in [0.15, 0.2) is 24.3 Å². The number of rotatable bonds is 1. The maximum Gasteiger partial charge on any atom is 0.258 e. The molecule has 0 saturated carbocycles. The van der Waals surface area contributed by atoms with Crippen LogP contribution in [0.2, 0.25) is 0 Å². The summed E-state index contributed by atoms with van der Waals surface area (Å²) in [5.74, 6) is -0.347. The van der Waals surface area contributed by atoms with Crippen LogP contribution in [-0.4, -0.2) is 5.91 Å². The van der Waals surface area contributed by atoms with Crippen LogP contribution in [0.4, 0.5) is 0 Å². The number of nitrogens with two attached hydrogens (primary N) is 1. The fraction of sp³-hybridized carbons (Fsp3) is 0.100. The van der Waals surface area contributed by atoms with E-state index in [0.717, 1.165) is 10.1 Å². The Morgan fingerprint density at radius 2 is 2.23 bits per heavy atom. The molecule has 1 aromatic carbocycles. The summed E-state index contributed by atoms with van der Waals surface area (Å²) < 4.78 is 1.12. The van der Waals surface area contributed by atoms with Crippen molar-refractivity contribution in [3.63, 3.8) is 0 Å². The predicted molar refractivity (Wildman–Crippen MR) is 55.1 cm³/mol. The van der Waals surface area contributed by atoms with E-state index >= 15 is 0 Å². The number of benzene rings is 1. The molecule has 0 bridgehead atoms. The Kier molecular flexibility index (Phi) is 1.81. The minimum Gasteiger partial charge on any atom is -0.365 e. The van der Waals surface area contributed by atoms with Crippen molar-refractivity contribution in [1.82, 2.24) is 0 Å². The number of carbonyl (C=O) groups excluding carboxylic acids is 1. The number of aryl methyl sites for hydroxylation is 1. The van der Waals surface area contributed by atoms with E-state index in [-0.39, 0.29) is 5.91 Å². The number of hydrogen-bond donors (Lipinski definition) is 1. The normalized spacial score (nSPS) is 10.5. The highest BCUT2D eigenvalue weighted by atomic mass is 32.1. The summed E-state index contributed by atoms with van der Waals surface area (Å²) >= 11 is 1.44. The van der Waals surface area contributed by atoms with Crippen molar-refractivity contribution >= 4 is 27.3 Å². The van der Waals surface area contributed by atoms with Gasteiger partial charge in [-0.3, -0.25) is 4.79 Å². The van der Waals surface area contributed by atoms with Gasteiger partial charge in [-0.2, -0.15) is 0 Å². The maximum absolute atomic E-state index is 10.9. The quantitative estimate of drug-likeness (QED) is 0.738. The fourth-order valence-corrected chi connectivity index (χ4v) is 2.32. The van der Waals surface area contributed by atoms with E-state index in [1.165, 1.54) is 16.9 Å². The van der Waals surface area contributed by atoms with Gasteiger partial charge in [0.25, 0.3) is 5.91 Å². The predicted octanol–water partition coefficient (Wildman–Crippen LogP) is 2.31. The average Bonchev–Trinajstić information content (AvgIpc) is 2.49. The Morgan fingerprint density at radius 3 is 2.85 bits per heavy atom. The summed E-state index contributed by atoms with van der Waals surface area (Å²) in [4.78, 5) is 11.5. The van der Waals surface area contributed by atoms with Crippen molar-refractivity contribution in [3.8, 4) is 0 Å². The van der Waals surface area contributed by atoms with Gasteiger partial charge in [0.05, 0.1) is 4.88 Å². The molecule has 3 heteroatoms. The minimum atomic E-state index is -0.347. The van der Waals surface area contributed by atoms with Gasteiger partial charge in [0, 0.05) is 4.70 Å². The van der Waals surface area contributed by atoms with E-state index < -0.39 is 0 Å². The first kappa shape index (κ1) is 8.26. The van der Waals surface area contributed by atoms with Gasteiger partial charge in [0.2, 0.25) is 0 Å². The fourth-order valence-electron chi connectivity index (χ4n) is 1.33. The Hall–Kier alpha value is -1.35. The zero-order valence-electron chi connectivity index (χ0n) is 7.20. The molecule has 0 aliphatic rings. The van der Waals surface area contributed by atoms with Gasteiger partial charge >= 0.3 is 0 Å². The molecule has 13 heavy (non-hydrogen) atoms. The van der Waals surface area contributed by atoms with Crippen LogP contribution in [0.5, 0.6) is 0 Å². The van der Waals surface area contributed by atoms with E-state index in [2.05, 4.69) is 0 Å². The monoisotopic (exact) mass is 191 g/mol. The molecule has 0 fully saturated rings. The van der Waals surface area contributed by atoms with E-state index in [4.69, 9.17) is 5.73 Å². The highest BCUT2D eigenvalue weighted by Crippen LogP contribution is 2.27. The Bertz CT molecular complexity index is 473. The molecular weight excluding hydrogens is 182 g/mol.